The molecule has 3 heterocycles. The average molecular weight is 304 g/mol. The molecule has 0 spiro atoms. The van der Waals surface area contributed by atoms with Crippen molar-refractivity contribution < 1.29 is 18.7 Å². The van der Waals surface area contributed by atoms with Crippen molar-refractivity contribution in [2.24, 2.45) is 0 Å². The average Bonchev–Trinajstić information content (AvgIpc) is 2.86. The zero-order valence-electron chi connectivity index (χ0n) is 12.0. The van der Waals surface area contributed by atoms with Gasteiger partial charge in [0.15, 0.2) is 11.4 Å². The fourth-order valence-electron chi connectivity index (χ4n) is 2.36. The molecule has 0 bridgehead atoms. The number of ether oxygens (including phenoxy) is 1. The van der Waals surface area contributed by atoms with Crippen LogP contribution in [0.2, 0.25) is 0 Å². The van der Waals surface area contributed by atoms with Crippen LogP contribution in [0.4, 0.5) is 4.39 Å². The summed E-state index contributed by atoms with van der Waals surface area (Å²) in [7, 11) is 1.55. The van der Waals surface area contributed by atoms with E-state index >= 15 is 0 Å². The SMILES string of the molecule is CCOC(=O)c1ncn2c1CN(C)C(=O)c1nc(F)ccc1-2. The molecule has 0 aromatic carbocycles. The maximum Gasteiger partial charge on any atom is 0.358 e. The van der Waals surface area contributed by atoms with Crippen LogP contribution in [0, 0.1) is 5.95 Å². The highest BCUT2D eigenvalue weighted by Gasteiger charge is 2.30. The second kappa shape index (κ2) is 5.21. The van der Waals surface area contributed by atoms with Gasteiger partial charge in [-0.05, 0) is 19.1 Å². The molecule has 8 heteroatoms. The van der Waals surface area contributed by atoms with Crippen molar-refractivity contribution in [3.63, 3.8) is 0 Å². The maximum atomic E-state index is 13.4. The summed E-state index contributed by atoms with van der Waals surface area (Å²) < 4.78 is 19.9. The number of carbonyl (C=O) groups excluding carboxylic acids is 2. The molecule has 0 unspecified atom stereocenters. The van der Waals surface area contributed by atoms with Gasteiger partial charge in [0.1, 0.15) is 6.33 Å². The van der Waals surface area contributed by atoms with Gasteiger partial charge in [0.05, 0.1) is 24.5 Å². The van der Waals surface area contributed by atoms with E-state index in [1.54, 1.807) is 18.5 Å². The molecule has 0 radical (unpaired) electrons. The molecule has 1 aliphatic rings. The molecule has 114 valence electrons. The molecular formula is C14H13FN4O3. The van der Waals surface area contributed by atoms with E-state index in [2.05, 4.69) is 9.97 Å². The molecule has 0 saturated heterocycles. The number of imidazole rings is 1. The molecule has 3 rings (SSSR count). The number of fused-ring (bicyclic) bond motifs is 3. The number of hydrogen-bond donors (Lipinski definition) is 0. The van der Waals surface area contributed by atoms with Crippen LogP contribution >= 0.6 is 0 Å². The highest BCUT2D eigenvalue weighted by molar-refractivity contribution is 5.97. The Bertz CT molecular complexity index is 771. The first-order chi connectivity index (χ1) is 10.5. The minimum atomic E-state index is -0.741. The molecule has 1 amide bonds. The molecule has 0 atom stereocenters. The summed E-state index contributed by atoms with van der Waals surface area (Å²) in [4.78, 5) is 33.4. The number of carbonyl (C=O) groups is 2. The normalized spacial score (nSPS) is 13.4. The standard InChI is InChI=1S/C14H13FN4O3/c1-3-22-14(21)12-9-6-18(2)13(20)11-8(19(9)7-16-12)4-5-10(15)17-11/h4-5,7H,3,6H2,1-2H3. The predicted molar refractivity (Wildman–Crippen MR) is 73.1 cm³/mol. The van der Waals surface area contributed by atoms with Crippen molar-refractivity contribution in [2.45, 2.75) is 13.5 Å². The van der Waals surface area contributed by atoms with Crippen molar-refractivity contribution in [1.82, 2.24) is 19.4 Å². The Balaban J connectivity index is 2.20. The summed E-state index contributed by atoms with van der Waals surface area (Å²) in [6.45, 7) is 2.07. The van der Waals surface area contributed by atoms with Gasteiger partial charge in [-0.25, -0.2) is 14.8 Å². The Labute approximate surface area is 125 Å². The molecule has 2 aromatic rings. The molecule has 1 aliphatic heterocycles. The fourth-order valence-corrected chi connectivity index (χ4v) is 2.36. The summed E-state index contributed by atoms with van der Waals surface area (Å²) in [5.74, 6) is -1.72. The van der Waals surface area contributed by atoms with Gasteiger partial charge in [0, 0.05) is 7.05 Å². The van der Waals surface area contributed by atoms with E-state index in [0.717, 1.165) is 6.07 Å². The number of hydrogen-bond acceptors (Lipinski definition) is 5. The molecule has 7 nitrogen and oxygen atoms in total. The van der Waals surface area contributed by atoms with E-state index in [4.69, 9.17) is 4.74 Å². The van der Waals surface area contributed by atoms with Crippen LogP contribution in [0.1, 0.15) is 33.6 Å². The zero-order chi connectivity index (χ0) is 15.9. The monoisotopic (exact) mass is 304 g/mol. The predicted octanol–water partition coefficient (Wildman–Crippen LogP) is 1.17. The van der Waals surface area contributed by atoms with Crippen molar-refractivity contribution in [2.75, 3.05) is 13.7 Å². The third-order valence-electron chi connectivity index (χ3n) is 3.37. The Hall–Kier alpha value is -2.77. The number of amides is 1. The zero-order valence-corrected chi connectivity index (χ0v) is 12.0. The highest BCUT2D eigenvalue weighted by atomic mass is 19.1. The lowest BCUT2D eigenvalue weighted by atomic mass is 10.2. The van der Waals surface area contributed by atoms with Crippen molar-refractivity contribution >= 4 is 11.9 Å². The van der Waals surface area contributed by atoms with Crippen LogP contribution in [0.15, 0.2) is 18.5 Å². The van der Waals surface area contributed by atoms with Gasteiger partial charge >= 0.3 is 5.97 Å². The van der Waals surface area contributed by atoms with Gasteiger partial charge in [-0.2, -0.15) is 4.39 Å². The Morgan fingerprint density at radius 1 is 1.45 bits per heavy atom. The van der Waals surface area contributed by atoms with E-state index in [1.165, 1.54) is 17.3 Å². The summed E-state index contributed by atoms with van der Waals surface area (Å²) >= 11 is 0. The number of halogens is 1. The molecule has 0 N–H and O–H groups in total. The van der Waals surface area contributed by atoms with E-state index < -0.39 is 17.8 Å². The van der Waals surface area contributed by atoms with E-state index in [-0.39, 0.29) is 24.5 Å². The highest BCUT2D eigenvalue weighted by Crippen LogP contribution is 2.25. The van der Waals surface area contributed by atoms with Crippen LogP contribution in [-0.2, 0) is 11.3 Å². The molecule has 0 fully saturated rings. The quantitative estimate of drug-likeness (QED) is 0.615. The molecular weight excluding hydrogens is 291 g/mol. The third kappa shape index (κ3) is 2.12. The first-order valence-corrected chi connectivity index (χ1v) is 6.68. The number of aromatic nitrogens is 3. The lowest BCUT2D eigenvalue weighted by molar-refractivity contribution is 0.0515. The van der Waals surface area contributed by atoms with Crippen LogP contribution in [0.5, 0.6) is 0 Å². The number of rotatable bonds is 2. The molecule has 0 aliphatic carbocycles. The summed E-state index contributed by atoms with van der Waals surface area (Å²) in [6.07, 6.45) is 1.41. The van der Waals surface area contributed by atoms with E-state index in [1.807, 2.05) is 0 Å². The van der Waals surface area contributed by atoms with E-state index in [9.17, 15) is 14.0 Å². The number of pyridine rings is 1. The van der Waals surface area contributed by atoms with Crippen LogP contribution in [-0.4, -0.2) is 45.0 Å². The van der Waals surface area contributed by atoms with Crippen LogP contribution in [0.3, 0.4) is 0 Å². The smallest absolute Gasteiger partial charge is 0.358 e. The first kappa shape index (κ1) is 14.2. The van der Waals surface area contributed by atoms with Gasteiger partial charge in [0.2, 0.25) is 5.95 Å². The Morgan fingerprint density at radius 3 is 2.95 bits per heavy atom. The van der Waals surface area contributed by atoms with Gasteiger partial charge in [-0.15, -0.1) is 0 Å². The van der Waals surface area contributed by atoms with Crippen LogP contribution < -0.4 is 0 Å². The molecule has 2 aromatic heterocycles. The molecule has 22 heavy (non-hydrogen) atoms. The topological polar surface area (TPSA) is 77.3 Å². The molecule has 0 saturated carbocycles. The van der Waals surface area contributed by atoms with Crippen LogP contribution in [0.25, 0.3) is 5.69 Å². The van der Waals surface area contributed by atoms with Gasteiger partial charge in [-0.3, -0.25) is 9.36 Å². The van der Waals surface area contributed by atoms with Crippen molar-refractivity contribution in [3.05, 3.63) is 41.5 Å². The summed E-state index contributed by atoms with van der Waals surface area (Å²) in [6, 6.07) is 2.60. The van der Waals surface area contributed by atoms with Crippen molar-refractivity contribution in [3.8, 4) is 5.69 Å². The summed E-state index contributed by atoms with van der Waals surface area (Å²) in [5, 5.41) is 0. The van der Waals surface area contributed by atoms with Gasteiger partial charge in [0.25, 0.3) is 5.91 Å². The fraction of sp³-hybridized carbons (Fsp3) is 0.286. The number of nitrogens with zero attached hydrogens (tertiary/aromatic N) is 4. The minimum absolute atomic E-state index is 0.0194. The summed E-state index contributed by atoms with van der Waals surface area (Å²) in [5.41, 5.74) is 1.00. The first-order valence-electron chi connectivity index (χ1n) is 6.68. The lowest BCUT2D eigenvalue weighted by Crippen LogP contribution is -2.26. The third-order valence-corrected chi connectivity index (χ3v) is 3.37. The van der Waals surface area contributed by atoms with Gasteiger partial charge < -0.3 is 9.64 Å². The largest absolute Gasteiger partial charge is 0.461 e. The van der Waals surface area contributed by atoms with E-state index in [0.29, 0.717) is 11.4 Å². The second-order valence-corrected chi connectivity index (χ2v) is 4.79. The lowest BCUT2D eigenvalue weighted by Gasteiger charge is -2.13. The number of esters is 1. The second-order valence-electron chi connectivity index (χ2n) is 4.79. The van der Waals surface area contributed by atoms with Crippen molar-refractivity contribution in [1.29, 1.82) is 0 Å². The van der Waals surface area contributed by atoms with Gasteiger partial charge in [-0.1, -0.05) is 0 Å². The minimum Gasteiger partial charge on any atom is -0.461 e. The Morgan fingerprint density at radius 2 is 2.23 bits per heavy atom. The maximum absolute atomic E-state index is 13.4. The Kier molecular flexibility index (Phi) is 3.36.